The molecule has 1 unspecified atom stereocenters. The number of hydrogen-bond donors (Lipinski definition) is 3. The molecule has 170 valence electrons. The molecule has 0 bridgehead atoms. The Morgan fingerprint density at radius 3 is 2.21 bits per heavy atom. The van der Waals surface area contributed by atoms with Gasteiger partial charge in [0.05, 0.1) is 11.4 Å². The van der Waals surface area contributed by atoms with E-state index in [1.807, 2.05) is 72.8 Å². The van der Waals surface area contributed by atoms with Gasteiger partial charge in [0, 0.05) is 31.7 Å². The average molecular weight is 443 g/mol. The average Bonchev–Trinajstić information content (AvgIpc) is 2.88. The Kier molecular flexibility index (Phi) is 7.72. The van der Waals surface area contributed by atoms with Gasteiger partial charge in [-0.05, 0) is 42.7 Å². The first-order valence-electron chi connectivity index (χ1n) is 11.5. The van der Waals surface area contributed by atoms with E-state index in [0.717, 1.165) is 43.1 Å². The zero-order chi connectivity index (χ0) is 22.9. The fourth-order valence-corrected chi connectivity index (χ4v) is 4.04. The molecule has 1 atom stereocenters. The van der Waals surface area contributed by atoms with Gasteiger partial charge in [0.25, 0.3) is 5.91 Å². The fourth-order valence-electron chi connectivity index (χ4n) is 4.04. The fraction of sp³-hybridized carbons (Fsp3) is 0.259. The predicted molar refractivity (Wildman–Crippen MR) is 133 cm³/mol. The van der Waals surface area contributed by atoms with Crippen molar-refractivity contribution in [2.45, 2.75) is 18.9 Å². The first-order chi connectivity index (χ1) is 16.2. The third-order valence-electron chi connectivity index (χ3n) is 5.84. The van der Waals surface area contributed by atoms with E-state index in [4.69, 9.17) is 0 Å². The number of hydrogen-bond acceptors (Lipinski definition) is 4. The Hall–Kier alpha value is -3.64. The molecule has 1 aliphatic rings. The van der Waals surface area contributed by atoms with Gasteiger partial charge < -0.3 is 20.9 Å². The summed E-state index contributed by atoms with van der Waals surface area (Å²) >= 11 is 0. The molecule has 6 nitrogen and oxygen atoms in total. The number of nitrogens with one attached hydrogen (secondary N) is 3. The van der Waals surface area contributed by atoms with Crippen LogP contribution in [0, 0.1) is 0 Å². The molecule has 1 saturated heterocycles. The third-order valence-corrected chi connectivity index (χ3v) is 5.84. The second-order valence-electron chi connectivity index (χ2n) is 8.16. The first kappa shape index (κ1) is 22.6. The van der Waals surface area contributed by atoms with Crippen molar-refractivity contribution in [3.05, 3.63) is 96.1 Å². The quantitative estimate of drug-likeness (QED) is 0.500. The van der Waals surface area contributed by atoms with E-state index in [-0.39, 0.29) is 11.8 Å². The zero-order valence-corrected chi connectivity index (χ0v) is 18.7. The Labute approximate surface area is 195 Å². The van der Waals surface area contributed by atoms with Gasteiger partial charge in [-0.2, -0.15) is 0 Å². The largest absolute Gasteiger partial charge is 0.367 e. The lowest BCUT2D eigenvalue weighted by Gasteiger charge is -2.31. The summed E-state index contributed by atoms with van der Waals surface area (Å²) in [6.45, 7) is 3.59. The maximum absolute atomic E-state index is 13.4. The van der Waals surface area contributed by atoms with E-state index in [0.29, 0.717) is 18.4 Å². The summed E-state index contributed by atoms with van der Waals surface area (Å²) in [5.74, 6) is -0.461. The number of carbonyl (C=O) groups excluding carboxylic acids is 2. The lowest BCUT2D eigenvalue weighted by Crippen LogP contribution is -2.45. The molecular weight excluding hydrogens is 412 g/mol. The van der Waals surface area contributed by atoms with Crippen LogP contribution in [0.15, 0.2) is 84.9 Å². The van der Waals surface area contributed by atoms with Crippen molar-refractivity contribution < 1.29 is 9.59 Å². The number of piperazine rings is 1. The normalized spacial score (nSPS) is 14.4. The van der Waals surface area contributed by atoms with E-state index in [9.17, 15) is 9.59 Å². The van der Waals surface area contributed by atoms with Crippen LogP contribution in [0.2, 0.25) is 0 Å². The van der Waals surface area contributed by atoms with Crippen LogP contribution in [0.1, 0.15) is 22.3 Å². The number of benzene rings is 3. The van der Waals surface area contributed by atoms with Crippen LogP contribution in [0.3, 0.4) is 0 Å². The molecule has 33 heavy (non-hydrogen) atoms. The molecule has 0 radical (unpaired) electrons. The molecule has 6 heteroatoms. The predicted octanol–water partition coefficient (Wildman–Crippen LogP) is 3.47. The topological polar surface area (TPSA) is 73.5 Å². The van der Waals surface area contributed by atoms with Gasteiger partial charge in [-0.3, -0.25) is 9.59 Å². The Morgan fingerprint density at radius 2 is 1.48 bits per heavy atom. The maximum atomic E-state index is 13.4. The van der Waals surface area contributed by atoms with Gasteiger partial charge in [0.2, 0.25) is 5.91 Å². The minimum absolute atomic E-state index is 0.210. The molecule has 3 N–H and O–H groups in total. The zero-order valence-electron chi connectivity index (χ0n) is 18.7. The maximum Gasteiger partial charge on any atom is 0.251 e. The SMILES string of the molecule is O=C(NC(CCc1ccccc1)C(=O)Nc1ccccc1N1CCNCC1)c1ccccc1. The van der Waals surface area contributed by atoms with E-state index in [2.05, 4.69) is 20.9 Å². The molecule has 4 rings (SSSR count). The van der Waals surface area contributed by atoms with E-state index < -0.39 is 6.04 Å². The third kappa shape index (κ3) is 6.20. The van der Waals surface area contributed by atoms with Crippen molar-refractivity contribution in [1.29, 1.82) is 0 Å². The standard InChI is InChI=1S/C27H30N4O2/c32-26(22-11-5-2-6-12-22)30-24(16-15-21-9-3-1-4-10-21)27(33)29-23-13-7-8-14-25(23)31-19-17-28-18-20-31/h1-14,24,28H,15-20H2,(H,29,33)(H,30,32). The molecule has 0 aromatic heterocycles. The molecule has 0 aliphatic carbocycles. The Morgan fingerprint density at radius 1 is 0.848 bits per heavy atom. The van der Waals surface area contributed by atoms with Crippen LogP contribution < -0.4 is 20.9 Å². The summed E-state index contributed by atoms with van der Waals surface area (Å²) in [4.78, 5) is 28.5. The van der Waals surface area contributed by atoms with Gasteiger partial charge >= 0.3 is 0 Å². The van der Waals surface area contributed by atoms with Crippen LogP contribution in [0.4, 0.5) is 11.4 Å². The van der Waals surface area contributed by atoms with E-state index >= 15 is 0 Å². The van der Waals surface area contributed by atoms with Gasteiger partial charge in [-0.25, -0.2) is 0 Å². The van der Waals surface area contributed by atoms with Gasteiger partial charge in [0.15, 0.2) is 0 Å². The van der Waals surface area contributed by atoms with Crippen molar-refractivity contribution in [3.8, 4) is 0 Å². The molecule has 2 amide bonds. The second-order valence-corrected chi connectivity index (χ2v) is 8.16. The highest BCUT2D eigenvalue weighted by molar-refractivity contribution is 6.02. The summed E-state index contributed by atoms with van der Waals surface area (Å²) in [7, 11) is 0. The molecule has 0 spiro atoms. The van der Waals surface area contributed by atoms with Crippen LogP contribution in [-0.2, 0) is 11.2 Å². The number of aryl methyl sites for hydroxylation is 1. The van der Waals surface area contributed by atoms with Crippen molar-refractivity contribution >= 4 is 23.2 Å². The number of nitrogens with zero attached hydrogens (tertiary/aromatic N) is 1. The summed E-state index contributed by atoms with van der Waals surface area (Å²) in [5.41, 5.74) is 3.44. The summed E-state index contributed by atoms with van der Waals surface area (Å²) in [6, 6.07) is 26.2. The molecule has 3 aromatic rings. The van der Waals surface area contributed by atoms with Crippen LogP contribution in [0.5, 0.6) is 0 Å². The number of rotatable bonds is 8. The highest BCUT2D eigenvalue weighted by Crippen LogP contribution is 2.26. The lowest BCUT2D eigenvalue weighted by atomic mass is 10.0. The molecule has 3 aromatic carbocycles. The second kappa shape index (κ2) is 11.3. The van der Waals surface area contributed by atoms with E-state index in [1.54, 1.807) is 12.1 Å². The first-order valence-corrected chi connectivity index (χ1v) is 11.5. The monoisotopic (exact) mass is 442 g/mol. The van der Waals surface area contributed by atoms with Crippen LogP contribution in [0.25, 0.3) is 0 Å². The van der Waals surface area contributed by atoms with Crippen molar-refractivity contribution in [1.82, 2.24) is 10.6 Å². The van der Waals surface area contributed by atoms with Crippen LogP contribution in [-0.4, -0.2) is 44.0 Å². The smallest absolute Gasteiger partial charge is 0.251 e. The highest BCUT2D eigenvalue weighted by Gasteiger charge is 2.23. The van der Waals surface area contributed by atoms with Crippen molar-refractivity contribution in [3.63, 3.8) is 0 Å². The van der Waals surface area contributed by atoms with Gasteiger partial charge in [-0.1, -0.05) is 60.7 Å². The van der Waals surface area contributed by atoms with Gasteiger partial charge in [-0.15, -0.1) is 0 Å². The van der Waals surface area contributed by atoms with Crippen LogP contribution >= 0.6 is 0 Å². The Balaban J connectivity index is 1.50. The molecular formula is C27H30N4O2. The minimum Gasteiger partial charge on any atom is -0.367 e. The van der Waals surface area contributed by atoms with Crippen molar-refractivity contribution in [2.24, 2.45) is 0 Å². The number of para-hydroxylation sites is 2. The lowest BCUT2D eigenvalue weighted by molar-refractivity contribution is -0.118. The number of anilines is 2. The number of amides is 2. The minimum atomic E-state index is -0.658. The summed E-state index contributed by atoms with van der Waals surface area (Å²) in [6.07, 6.45) is 1.19. The van der Waals surface area contributed by atoms with Crippen molar-refractivity contribution in [2.75, 3.05) is 36.4 Å². The molecule has 1 heterocycles. The highest BCUT2D eigenvalue weighted by atomic mass is 16.2. The Bertz CT molecular complexity index is 1050. The summed E-state index contributed by atoms with van der Waals surface area (Å²) in [5, 5.41) is 9.39. The van der Waals surface area contributed by atoms with E-state index in [1.165, 1.54) is 0 Å². The number of carbonyl (C=O) groups is 2. The molecule has 0 saturated carbocycles. The molecule has 1 fully saturated rings. The van der Waals surface area contributed by atoms with Gasteiger partial charge in [0.1, 0.15) is 6.04 Å². The molecule has 1 aliphatic heterocycles. The summed E-state index contributed by atoms with van der Waals surface area (Å²) < 4.78 is 0.